The van der Waals surface area contributed by atoms with E-state index in [1.165, 1.54) is 16.5 Å². The molecular formula is C12H13N3O3. The first-order valence-corrected chi connectivity index (χ1v) is 5.44. The second kappa shape index (κ2) is 4.87. The van der Waals surface area contributed by atoms with Gasteiger partial charge in [0.15, 0.2) is 5.95 Å². The molecule has 1 amide bonds. The predicted octanol–water partition coefficient (Wildman–Crippen LogP) is 0.00320. The van der Waals surface area contributed by atoms with Crippen LogP contribution in [0.2, 0.25) is 0 Å². The van der Waals surface area contributed by atoms with E-state index in [-0.39, 0.29) is 12.5 Å². The Morgan fingerprint density at radius 2 is 2.11 bits per heavy atom. The number of carbonyl (C=O) groups excluding carboxylic acids is 1. The van der Waals surface area contributed by atoms with Crippen LogP contribution in [0.1, 0.15) is 12.6 Å². The average Bonchev–Trinajstić information content (AvgIpc) is 2.72. The molecule has 0 radical (unpaired) electrons. The van der Waals surface area contributed by atoms with E-state index in [0.29, 0.717) is 5.69 Å². The first kappa shape index (κ1) is 12.1. The van der Waals surface area contributed by atoms with Gasteiger partial charge in [-0.3, -0.25) is 4.79 Å². The van der Waals surface area contributed by atoms with Crippen molar-refractivity contribution in [1.29, 1.82) is 0 Å². The van der Waals surface area contributed by atoms with Crippen molar-refractivity contribution >= 4 is 5.91 Å². The molecular weight excluding hydrogens is 234 g/mol. The molecule has 1 aromatic heterocycles. The van der Waals surface area contributed by atoms with Gasteiger partial charge in [-0.2, -0.15) is 0 Å². The summed E-state index contributed by atoms with van der Waals surface area (Å²) in [7, 11) is 1.62. The van der Waals surface area contributed by atoms with Crippen LogP contribution < -0.4 is 9.79 Å². The molecule has 0 aliphatic heterocycles. The molecule has 1 aromatic carbocycles. The van der Waals surface area contributed by atoms with E-state index in [1.54, 1.807) is 19.2 Å². The molecule has 2 rings (SSSR count). The number of rotatable bonds is 3. The summed E-state index contributed by atoms with van der Waals surface area (Å²) in [6, 6.07) is 9.14. The number of carbonyl (C=O) groups is 1. The summed E-state index contributed by atoms with van der Waals surface area (Å²) < 4.78 is 6.05. The molecule has 6 nitrogen and oxygen atoms in total. The zero-order chi connectivity index (χ0) is 13.1. The van der Waals surface area contributed by atoms with Crippen molar-refractivity contribution in [2.75, 3.05) is 7.05 Å². The lowest BCUT2D eigenvalue weighted by atomic mass is 10.3. The molecule has 0 unspecified atom stereocenters. The van der Waals surface area contributed by atoms with Gasteiger partial charge >= 0.3 is 0 Å². The van der Waals surface area contributed by atoms with Crippen molar-refractivity contribution in [3.63, 3.8) is 0 Å². The lowest BCUT2D eigenvalue weighted by Gasteiger charge is -2.11. The third-order valence-electron chi connectivity index (χ3n) is 2.62. The van der Waals surface area contributed by atoms with Gasteiger partial charge in [0.1, 0.15) is 6.54 Å². The summed E-state index contributed by atoms with van der Waals surface area (Å²) in [5, 5.41) is 15.3. The van der Waals surface area contributed by atoms with Crippen molar-refractivity contribution in [3.8, 4) is 11.6 Å². The fourth-order valence-corrected chi connectivity index (χ4v) is 1.51. The standard InChI is InChI=1S/C12H13N3O3/c1-9(16)14(2)8-11-12(17)18-13-15(11)10-6-4-3-5-7-10/h3-7H,8H2,1-2H3. The van der Waals surface area contributed by atoms with E-state index in [4.69, 9.17) is 0 Å². The van der Waals surface area contributed by atoms with Gasteiger partial charge in [0.25, 0.3) is 5.69 Å². The molecule has 0 bridgehead atoms. The predicted molar refractivity (Wildman–Crippen MR) is 59.6 cm³/mol. The van der Waals surface area contributed by atoms with E-state index in [1.807, 2.05) is 18.2 Å². The van der Waals surface area contributed by atoms with Crippen LogP contribution in [0, 0.1) is 0 Å². The number of aromatic nitrogens is 2. The highest BCUT2D eigenvalue weighted by Crippen LogP contribution is 2.12. The summed E-state index contributed by atoms with van der Waals surface area (Å²) in [4.78, 5) is 12.6. The molecule has 0 spiro atoms. The second-order valence-electron chi connectivity index (χ2n) is 3.93. The van der Waals surface area contributed by atoms with Gasteiger partial charge in [-0.15, -0.1) is 0 Å². The Kier molecular flexibility index (Phi) is 3.27. The van der Waals surface area contributed by atoms with Gasteiger partial charge < -0.3 is 14.5 Å². The van der Waals surface area contributed by atoms with E-state index in [9.17, 15) is 9.90 Å². The molecule has 0 atom stereocenters. The maximum absolute atomic E-state index is 11.6. The smallest absolute Gasteiger partial charge is 0.259 e. The molecule has 0 fully saturated rings. The van der Waals surface area contributed by atoms with Crippen LogP contribution in [-0.2, 0) is 11.3 Å². The van der Waals surface area contributed by atoms with Gasteiger partial charge in [0, 0.05) is 26.1 Å². The fraction of sp³-hybridized carbons (Fsp3) is 0.250. The van der Waals surface area contributed by atoms with Crippen molar-refractivity contribution in [1.82, 2.24) is 10.2 Å². The van der Waals surface area contributed by atoms with Gasteiger partial charge in [0.2, 0.25) is 11.6 Å². The largest absolute Gasteiger partial charge is 0.539 e. The van der Waals surface area contributed by atoms with Crippen LogP contribution >= 0.6 is 0 Å². The second-order valence-corrected chi connectivity index (χ2v) is 3.93. The zero-order valence-corrected chi connectivity index (χ0v) is 10.2. The summed E-state index contributed by atoms with van der Waals surface area (Å²) in [5.41, 5.74) is 1.04. The molecule has 0 N–H and O–H groups in total. The van der Waals surface area contributed by atoms with Crippen LogP contribution in [0.5, 0.6) is 5.95 Å². The topological polar surface area (TPSA) is 73.3 Å². The zero-order valence-electron chi connectivity index (χ0n) is 10.2. The van der Waals surface area contributed by atoms with Crippen LogP contribution in [-0.4, -0.2) is 23.1 Å². The Morgan fingerprint density at radius 3 is 2.72 bits per heavy atom. The maximum atomic E-state index is 11.6. The van der Waals surface area contributed by atoms with Crippen molar-refractivity contribution in [2.45, 2.75) is 13.5 Å². The van der Waals surface area contributed by atoms with Crippen molar-refractivity contribution in [3.05, 3.63) is 36.0 Å². The normalized spacial score (nSPS) is 10.3. The van der Waals surface area contributed by atoms with Crippen LogP contribution in [0.3, 0.4) is 0 Å². The number of nitrogens with zero attached hydrogens (tertiary/aromatic N) is 3. The van der Waals surface area contributed by atoms with Gasteiger partial charge in [-0.25, -0.2) is 0 Å². The number of hydrogen-bond acceptors (Lipinski definition) is 4. The number of amides is 1. The Balaban J connectivity index is 2.36. The molecule has 2 aromatic rings. The van der Waals surface area contributed by atoms with E-state index >= 15 is 0 Å². The number of hydrogen-bond donors (Lipinski definition) is 0. The quantitative estimate of drug-likeness (QED) is 0.716. The molecule has 6 heteroatoms. The van der Waals surface area contributed by atoms with Gasteiger partial charge in [-0.05, 0) is 4.68 Å². The highest BCUT2D eigenvalue weighted by atomic mass is 16.6. The SMILES string of the molecule is CC(=O)N(C)Cc1c([O-])on[n+]1-c1ccccc1. The summed E-state index contributed by atoms with van der Waals surface area (Å²) >= 11 is 0. The molecule has 1 heterocycles. The Morgan fingerprint density at radius 1 is 1.44 bits per heavy atom. The maximum Gasteiger partial charge on any atom is 0.259 e. The number of benzene rings is 1. The molecule has 0 aliphatic rings. The van der Waals surface area contributed by atoms with Crippen molar-refractivity contribution < 1.29 is 19.1 Å². The van der Waals surface area contributed by atoms with E-state index < -0.39 is 5.95 Å². The summed E-state index contributed by atoms with van der Waals surface area (Å²) in [6.07, 6.45) is 0. The minimum absolute atomic E-state index is 0.129. The first-order valence-electron chi connectivity index (χ1n) is 5.44. The Bertz CT molecular complexity index is 551. The minimum Gasteiger partial charge on any atom is -0.539 e. The Labute approximate surface area is 104 Å². The monoisotopic (exact) mass is 247 g/mol. The average molecular weight is 247 g/mol. The van der Waals surface area contributed by atoms with Crippen LogP contribution in [0.4, 0.5) is 0 Å². The Hall–Kier alpha value is -2.37. The van der Waals surface area contributed by atoms with Crippen LogP contribution in [0.15, 0.2) is 34.9 Å². The minimum atomic E-state index is -0.535. The summed E-state index contributed by atoms with van der Waals surface area (Å²) in [5.74, 6) is -0.665. The highest BCUT2D eigenvalue weighted by molar-refractivity contribution is 5.72. The molecule has 0 saturated heterocycles. The first-order chi connectivity index (χ1) is 8.59. The molecule has 0 aliphatic carbocycles. The van der Waals surface area contributed by atoms with E-state index in [0.717, 1.165) is 5.69 Å². The van der Waals surface area contributed by atoms with Crippen molar-refractivity contribution in [2.24, 2.45) is 0 Å². The van der Waals surface area contributed by atoms with E-state index in [2.05, 4.69) is 9.79 Å². The molecule has 18 heavy (non-hydrogen) atoms. The molecule has 0 saturated carbocycles. The lowest BCUT2D eigenvalue weighted by molar-refractivity contribution is -0.678. The molecule has 94 valence electrons. The highest BCUT2D eigenvalue weighted by Gasteiger charge is 2.22. The number of para-hydroxylation sites is 1. The fourth-order valence-electron chi connectivity index (χ4n) is 1.51. The third-order valence-corrected chi connectivity index (χ3v) is 2.62. The third kappa shape index (κ3) is 2.32. The lowest BCUT2D eigenvalue weighted by Crippen LogP contribution is -2.40. The van der Waals surface area contributed by atoms with Gasteiger partial charge in [-0.1, -0.05) is 18.2 Å². The van der Waals surface area contributed by atoms with Gasteiger partial charge in [0.05, 0.1) is 5.27 Å². The summed E-state index contributed by atoms with van der Waals surface area (Å²) in [6.45, 7) is 1.59. The van der Waals surface area contributed by atoms with Crippen LogP contribution in [0.25, 0.3) is 5.69 Å².